The maximum Gasteiger partial charge on any atom is 0.205 e. The molecule has 2 aliphatic rings. The first kappa shape index (κ1) is 20.0. The van der Waals surface area contributed by atoms with Crippen LogP contribution in [0.4, 0.5) is 0 Å². The third kappa shape index (κ3) is 3.78. The van der Waals surface area contributed by atoms with Gasteiger partial charge in [-0.1, -0.05) is 62.4 Å². The Morgan fingerprint density at radius 1 is 1.00 bits per heavy atom. The van der Waals surface area contributed by atoms with Crippen molar-refractivity contribution >= 4 is 6.08 Å². The molecule has 0 saturated heterocycles. The summed E-state index contributed by atoms with van der Waals surface area (Å²) >= 11 is 0. The number of ether oxygens (including phenoxy) is 1. The van der Waals surface area contributed by atoms with E-state index in [9.17, 15) is 5.26 Å². The van der Waals surface area contributed by atoms with Gasteiger partial charge in [-0.25, -0.2) is 0 Å². The van der Waals surface area contributed by atoms with Crippen molar-refractivity contribution in [3.63, 3.8) is 0 Å². The van der Waals surface area contributed by atoms with Crippen molar-refractivity contribution in [2.45, 2.75) is 51.9 Å². The average Bonchev–Trinajstić information content (AvgIpc) is 2.79. The molecule has 2 N–H and O–H groups in total. The van der Waals surface area contributed by atoms with Crippen LogP contribution in [0.15, 0.2) is 76.9 Å². The van der Waals surface area contributed by atoms with Crippen molar-refractivity contribution in [1.82, 2.24) is 0 Å². The van der Waals surface area contributed by atoms with E-state index in [1.54, 1.807) is 0 Å². The number of nitrogens with zero attached hydrogens (tertiary/aromatic N) is 1. The Labute approximate surface area is 179 Å². The summed E-state index contributed by atoms with van der Waals surface area (Å²) in [6.45, 7) is 4.31. The normalized spacial score (nSPS) is 20.0. The van der Waals surface area contributed by atoms with E-state index in [0.717, 1.165) is 54.6 Å². The highest BCUT2D eigenvalue weighted by molar-refractivity contribution is 5.62. The molecule has 1 atom stereocenters. The molecular weight excluding hydrogens is 368 g/mol. The van der Waals surface area contributed by atoms with E-state index >= 15 is 0 Å². The number of rotatable bonds is 4. The largest absolute Gasteiger partial charge is 0.440 e. The summed E-state index contributed by atoms with van der Waals surface area (Å²) in [6.07, 6.45) is 7.14. The summed E-state index contributed by atoms with van der Waals surface area (Å²) in [5, 5.41) is 9.83. The second-order valence-corrected chi connectivity index (χ2v) is 7.99. The Hall–Kier alpha value is -3.25. The number of hydrogen-bond acceptors (Lipinski definition) is 3. The zero-order valence-corrected chi connectivity index (χ0v) is 17.7. The fraction of sp³-hybridized carbons (Fsp3) is 0.296. The first-order chi connectivity index (χ1) is 14.6. The first-order valence-electron chi connectivity index (χ1n) is 10.8. The van der Waals surface area contributed by atoms with E-state index < -0.39 is 0 Å². The van der Waals surface area contributed by atoms with Gasteiger partial charge in [-0.2, -0.15) is 5.26 Å². The fourth-order valence-corrected chi connectivity index (χ4v) is 4.41. The maximum atomic E-state index is 9.83. The van der Waals surface area contributed by atoms with E-state index in [2.05, 4.69) is 74.5 Å². The monoisotopic (exact) mass is 396 g/mol. The van der Waals surface area contributed by atoms with Gasteiger partial charge >= 0.3 is 0 Å². The van der Waals surface area contributed by atoms with Crippen LogP contribution < -0.4 is 5.73 Å². The van der Waals surface area contributed by atoms with E-state index in [0.29, 0.717) is 5.57 Å². The lowest BCUT2D eigenvalue weighted by molar-refractivity contribution is 0.277. The number of aryl methyl sites for hydroxylation is 2. The van der Waals surface area contributed by atoms with Crippen LogP contribution in [0.2, 0.25) is 0 Å². The van der Waals surface area contributed by atoms with Crippen LogP contribution in [0.3, 0.4) is 0 Å². The number of nitriles is 1. The number of nitrogens with two attached hydrogens (primary N) is 1. The predicted octanol–water partition coefficient (Wildman–Crippen LogP) is 6.14. The molecule has 0 spiro atoms. The van der Waals surface area contributed by atoms with Gasteiger partial charge in [0.2, 0.25) is 5.88 Å². The van der Waals surface area contributed by atoms with Crippen LogP contribution in [0.5, 0.6) is 0 Å². The van der Waals surface area contributed by atoms with Crippen LogP contribution in [-0.2, 0) is 17.6 Å². The molecule has 3 nitrogen and oxygen atoms in total. The minimum atomic E-state index is -0.129. The molecular formula is C27H28N2O. The predicted molar refractivity (Wildman–Crippen MR) is 121 cm³/mol. The van der Waals surface area contributed by atoms with Gasteiger partial charge in [0.15, 0.2) is 0 Å². The van der Waals surface area contributed by atoms with Gasteiger partial charge in [0.05, 0.1) is 0 Å². The lowest BCUT2D eigenvalue weighted by Crippen LogP contribution is -2.23. The Morgan fingerprint density at radius 2 is 1.63 bits per heavy atom. The van der Waals surface area contributed by atoms with Crippen LogP contribution >= 0.6 is 0 Å². The minimum Gasteiger partial charge on any atom is -0.440 e. The SMILES string of the molecule is CCc1ccc(/C=C2\CCCC3=C2OC(N)=C(C#N)C3c2ccc(CC)cc2)cc1. The Morgan fingerprint density at radius 3 is 2.23 bits per heavy atom. The second-order valence-electron chi connectivity index (χ2n) is 7.99. The van der Waals surface area contributed by atoms with Gasteiger partial charge in [-0.3, -0.25) is 0 Å². The summed E-state index contributed by atoms with van der Waals surface area (Å²) < 4.78 is 6.07. The molecule has 0 amide bonds. The second kappa shape index (κ2) is 8.63. The van der Waals surface area contributed by atoms with Crippen molar-refractivity contribution in [1.29, 1.82) is 5.26 Å². The third-order valence-electron chi connectivity index (χ3n) is 6.16. The van der Waals surface area contributed by atoms with Gasteiger partial charge in [-0.05, 0) is 71.6 Å². The number of hydrogen-bond donors (Lipinski definition) is 1. The van der Waals surface area contributed by atoms with Crippen LogP contribution in [0, 0.1) is 11.3 Å². The zero-order valence-electron chi connectivity index (χ0n) is 17.7. The Balaban J connectivity index is 1.78. The molecule has 1 aliphatic carbocycles. The smallest absolute Gasteiger partial charge is 0.205 e. The van der Waals surface area contributed by atoms with Crippen molar-refractivity contribution in [3.05, 3.63) is 99.1 Å². The van der Waals surface area contributed by atoms with E-state index in [1.807, 2.05) is 0 Å². The van der Waals surface area contributed by atoms with Gasteiger partial charge < -0.3 is 10.5 Å². The van der Waals surface area contributed by atoms with E-state index in [1.165, 1.54) is 16.7 Å². The molecule has 1 unspecified atom stereocenters. The molecule has 1 heterocycles. The van der Waals surface area contributed by atoms with Crippen LogP contribution in [0.25, 0.3) is 6.08 Å². The lowest BCUT2D eigenvalue weighted by atomic mass is 9.76. The average molecular weight is 397 g/mol. The molecule has 2 aromatic rings. The molecule has 0 bridgehead atoms. The van der Waals surface area contributed by atoms with Crippen molar-refractivity contribution in [2.24, 2.45) is 5.73 Å². The third-order valence-corrected chi connectivity index (χ3v) is 6.16. The molecule has 0 saturated carbocycles. The molecule has 4 rings (SSSR count). The quantitative estimate of drug-likeness (QED) is 0.675. The first-order valence-corrected chi connectivity index (χ1v) is 10.8. The van der Waals surface area contributed by atoms with Gasteiger partial charge in [0.1, 0.15) is 17.4 Å². The molecule has 2 aromatic carbocycles. The Bertz CT molecular complexity index is 1060. The van der Waals surface area contributed by atoms with Crippen molar-refractivity contribution in [3.8, 4) is 6.07 Å². The Kier molecular flexibility index (Phi) is 5.77. The molecule has 3 heteroatoms. The van der Waals surface area contributed by atoms with E-state index in [4.69, 9.17) is 10.5 Å². The number of allylic oxidation sites excluding steroid dienone is 3. The summed E-state index contributed by atoms with van der Waals surface area (Å²) in [5.41, 5.74) is 14.0. The minimum absolute atomic E-state index is 0.129. The molecule has 1 aliphatic heterocycles. The highest BCUT2D eigenvalue weighted by Gasteiger charge is 2.35. The van der Waals surface area contributed by atoms with Crippen molar-refractivity contribution in [2.75, 3.05) is 0 Å². The van der Waals surface area contributed by atoms with Gasteiger partial charge in [0.25, 0.3) is 0 Å². The van der Waals surface area contributed by atoms with Crippen LogP contribution in [-0.4, -0.2) is 0 Å². The van der Waals surface area contributed by atoms with Crippen LogP contribution in [0.1, 0.15) is 61.3 Å². The van der Waals surface area contributed by atoms with E-state index in [-0.39, 0.29) is 11.8 Å². The van der Waals surface area contributed by atoms with Gasteiger partial charge in [-0.15, -0.1) is 0 Å². The summed E-state index contributed by atoms with van der Waals surface area (Å²) in [6, 6.07) is 19.5. The topological polar surface area (TPSA) is 59.0 Å². The zero-order chi connectivity index (χ0) is 21.1. The standard InChI is InChI=1S/C27H28N2O/c1-3-18-8-10-20(11-9-18)16-22-6-5-7-23-25(21-14-12-19(4-2)13-15-21)24(17-28)27(29)30-26(22)23/h8-16,25H,3-7,29H2,1-2H3/b22-16+. The lowest BCUT2D eigenvalue weighted by Gasteiger charge is -2.33. The highest BCUT2D eigenvalue weighted by Crippen LogP contribution is 2.46. The molecule has 0 radical (unpaired) electrons. The highest BCUT2D eigenvalue weighted by atomic mass is 16.5. The summed E-state index contributed by atoms with van der Waals surface area (Å²) in [4.78, 5) is 0. The summed E-state index contributed by atoms with van der Waals surface area (Å²) in [7, 11) is 0. The van der Waals surface area contributed by atoms with Gasteiger partial charge in [0, 0.05) is 5.92 Å². The number of benzene rings is 2. The summed E-state index contributed by atoms with van der Waals surface area (Å²) in [5.74, 6) is 0.965. The molecule has 0 fully saturated rings. The molecule has 0 aromatic heterocycles. The fourth-order valence-electron chi connectivity index (χ4n) is 4.41. The molecule has 30 heavy (non-hydrogen) atoms. The maximum absolute atomic E-state index is 9.83. The van der Waals surface area contributed by atoms with Crippen molar-refractivity contribution < 1.29 is 4.74 Å². The molecule has 152 valence electrons.